The summed E-state index contributed by atoms with van der Waals surface area (Å²) in [6.07, 6.45) is 4.16. The van der Waals surface area contributed by atoms with Gasteiger partial charge in [-0.05, 0) is 85.5 Å². The normalized spacial score (nSPS) is 22.3. The Balaban J connectivity index is 1.38. The Hall–Kier alpha value is -3.31. The van der Waals surface area contributed by atoms with E-state index < -0.39 is 17.7 Å². The monoisotopic (exact) mass is 467 g/mol. The van der Waals surface area contributed by atoms with E-state index in [1.807, 2.05) is 6.07 Å². The van der Waals surface area contributed by atoms with Crippen molar-refractivity contribution in [3.63, 3.8) is 0 Å². The molecule has 1 saturated carbocycles. The van der Waals surface area contributed by atoms with Gasteiger partial charge in [0.25, 0.3) is 5.91 Å². The summed E-state index contributed by atoms with van der Waals surface area (Å²) in [6, 6.07) is 10.1. The van der Waals surface area contributed by atoms with Gasteiger partial charge in [0.1, 0.15) is 11.6 Å². The molecule has 1 heterocycles. The van der Waals surface area contributed by atoms with Crippen molar-refractivity contribution in [3.05, 3.63) is 70.3 Å². The molecule has 1 saturated heterocycles. The van der Waals surface area contributed by atoms with E-state index in [2.05, 4.69) is 5.32 Å². The van der Waals surface area contributed by atoms with Gasteiger partial charge in [0.05, 0.1) is 24.3 Å². The minimum atomic E-state index is -0.509. The van der Waals surface area contributed by atoms with Gasteiger partial charge in [-0.15, -0.1) is 0 Å². The molecule has 0 spiro atoms. The molecule has 1 atom stereocenters. The fourth-order valence-electron chi connectivity index (χ4n) is 5.03. The average molecular weight is 468 g/mol. The van der Waals surface area contributed by atoms with Gasteiger partial charge in [-0.25, -0.2) is 13.8 Å². The van der Waals surface area contributed by atoms with Crippen molar-refractivity contribution in [1.82, 2.24) is 10.4 Å². The predicted octanol–water partition coefficient (Wildman–Crippen LogP) is 4.45. The van der Waals surface area contributed by atoms with E-state index in [1.165, 1.54) is 36.4 Å². The zero-order valence-corrected chi connectivity index (χ0v) is 19.0. The minimum Gasteiger partial charge on any atom is -0.355 e. The van der Waals surface area contributed by atoms with Crippen LogP contribution < -0.4 is 5.32 Å². The molecule has 4 rings (SSSR count). The Morgan fingerprint density at radius 2 is 1.79 bits per heavy atom. The Kier molecular flexibility index (Phi) is 7.23. The Labute approximate surface area is 197 Å². The van der Waals surface area contributed by atoms with Crippen molar-refractivity contribution >= 4 is 11.8 Å². The second-order valence-electron chi connectivity index (χ2n) is 9.04. The van der Waals surface area contributed by atoms with Crippen molar-refractivity contribution in [2.24, 2.45) is 11.8 Å². The highest BCUT2D eigenvalue weighted by Crippen LogP contribution is 2.37. The molecule has 0 unspecified atom stereocenters. The molecule has 1 aliphatic heterocycles. The van der Waals surface area contributed by atoms with Crippen LogP contribution in [0.5, 0.6) is 0 Å². The summed E-state index contributed by atoms with van der Waals surface area (Å²) in [7, 11) is 1.51. The van der Waals surface area contributed by atoms with E-state index >= 15 is 0 Å². The van der Waals surface area contributed by atoms with Crippen molar-refractivity contribution < 1.29 is 23.2 Å². The lowest BCUT2D eigenvalue weighted by Crippen LogP contribution is -2.36. The maximum Gasteiger partial charge on any atom is 0.251 e. The molecule has 2 amide bonds. The summed E-state index contributed by atoms with van der Waals surface area (Å²) in [5.74, 6) is -1.29. The zero-order chi connectivity index (χ0) is 24.2. The summed E-state index contributed by atoms with van der Waals surface area (Å²) in [6.45, 7) is 0.359. The molecule has 1 aliphatic carbocycles. The summed E-state index contributed by atoms with van der Waals surface area (Å²) in [4.78, 5) is 30.7. The van der Waals surface area contributed by atoms with Crippen LogP contribution in [0, 0.1) is 34.8 Å². The molecule has 178 valence electrons. The third-order valence-corrected chi connectivity index (χ3v) is 6.72. The first-order valence-corrected chi connectivity index (χ1v) is 11.6. The number of rotatable bonds is 5. The summed E-state index contributed by atoms with van der Waals surface area (Å²) in [5, 5.41) is 13.0. The van der Waals surface area contributed by atoms with Crippen molar-refractivity contribution in [2.75, 3.05) is 13.7 Å². The van der Waals surface area contributed by atoms with Crippen LogP contribution in [0.3, 0.4) is 0 Å². The maximum absolute atomic E-state index is 14.0. The van der Waals surface area contributed by atoms with Crippen LogP contribution >= 0.6 is 0 Å². The van der Waals surface area contributed by atoms with E-state index in [1.54, 1.807) is 12.1 Å². The number of hydrogen-bond donors (Lipinski definition) is 1. The highest BCUT2D eigenvalue weighted by atomic mass is 19.1. The van der Waals surface area contributed by atoms with E-state index in [0.29, 0.717) is 49.3 Å². The number of benzene rings is 2. The molecular formula is C26H27F2N3O3. The third-order valence-electron chi connectivity index (χ3n) is 6.72. The number of hydrogen-bond acceptors (Lipinski definition) is 4. The Bertz CT molecular complexity index is 1120. The lowest BCUT2D eigenvalue weighted by Gasteiger charge is -2.32. The number of halogens is 2. The van der Waals surface area contributed by atoms with Crippen molar-refractivity contribution in [3.8, 4) is 6.07 Å². The second kappa shape index (κ2) is 10.3. The van der Waals surface area contributed by atoms with Crippen LogP contribution in [-0.2, 0) is 16.1 Å². The molecule has 0 bridgehead atoms. The fourth-order valence-corrected chi connectivity index (χ4v) is 5.03. The van der Waals surface area contributed by atoms with Crippen LogP contribution in [0.1, 0.15) is 65.2 Å². The Morgan fingerprint density at radius 3 is 2.50 bits per heavy atom. The smallest absolute Gasteiger partial charge is 0.251 e. The van der Waals surface area contributed by atoms with E-state index in [0.717, 1.165) is 18.4 Å². The van der Waals surface area contributed by atoms with Crippen molar-refractivity contribution in [2.45, 2.75) is 44.6 Å². The second-order valence-corrected chi connectivity index (χ2v) is 9.04. The van der Waals surface area contributed by atoms with Crippen LogP contribution in [-0.4, -0.2) is 30.5 Å². The number of amides is 2. The molecule has 2 aromatic rings. The summed E-state index contributed by atoms with van der Waals surface area (Å²) in [5.41, 5.74) is 1.85. The standard InChI is InChI=1S/C26H27F2N3O3/c1-30-25(32)21-9-17(11-22(27)14-21)8-16-2-4-19(5-3-16)26(33)31-24(6-7-34-31)20-10-18(15-29)12-23(28)13-20/h9-14,16,19,24H,2-8H2,1H3,(H,30,32)/t16?,19?,24-/m0/s1. The molecule has 2 aliphatic rings. The molecule has 0 radical (unpaired) electrons. The molecular weight excluding hydrogens is 440 g/mol. The van der Waals surface area contributed by atoms with Gasteiger partial charge in [0.15, 0.2) is 0 Å². The minimum absolute atomic E-state index is 0.114. The van der Waals surface area contributed by atoms with Crippen LogP contribution in [0.2, 0.25) is 0 Å². The van der Waals surface area contributed by atoms with E-state index in [-0.39, 0.29) is 23.3 Å². The van der Waals surface area contributed by atoms with Gasteiger partial charge in [-0.1, -0.05) is 0 Å². The molecule has 0 aromatic heterocycles. The maximum atomic E-state index is 14.0. The fraction of sp³-hybridized carbons (Fsp3) is 0.423. The zero-order valence-electron chi connectivity index (χ0n) is 19.0. The highest BCUT2D eigenvalue weighted by Gasteiger charge is 2.37. The van der Waals surface area contributed by atoms with Crippen molar-refractivity contribution in [1.29, 1.82) is 5.26 Å². The number of nitrogens with one attached hydrogen (secondary N) is 1. The number of nitriles is 1. The number of nitrogens with zero attached hydrogens (tertiary/aromatic N) is 2. The third kappa shape index (κ3) is 5.26. The van der Waals surface area contributed by atoms with Gasteiger partial charge in [0, 0.05) is 24.9 Å². The first-order valence-electron chi connectivity index (χ1n) is 11.6. The van der Waals surface area contributed by atoms with Gasteiger partial charge in [-0.2, -0.15) is 5.26 Å². The SMILES string of the molecule is CNC(=O)c1cc(F)cc(CC2CCC(C(=O)N3OCC[C@H]3c3cc(F)cc(C#N)c3)CC2)c1. The molecule has 6 nitrogen and oxygen atoms in total. The van der Waals surface area contributed by atoms with E-state index in [9.17, 15) is 18.4 Å². The van der Waals surface area contributed by atoms with Crippen LogP contribution in [0.25, 0.3) is 0 Å². The van der Waals surface area contributed by atoms with Gasteiger partial charge < -0.3 is 5.32 Å². The van der Waals surface area contributed by atoms with Crippen LogP contribution in [0.4, 0.5) is 8.78 Å². The summed E-state index contributed by atoms with van der Waals surface area (Å²) < 4.78 is 27.9. The van der Waals surface area contributed by atoms with Gasteiger partial charge in [0.2, 0.25) is 5.91 Å². The largest absolute Gasteiger partial charge is 0.355 e. The first kappa shape index (κ1) is 23.8. The molecule has 34 heavy (non-hydrogen) atoms. The van der Waals surface area contributed by atoms with Gasteiger partial charge in [-0.3, -0.25) is 14.4 Å². The molecule has 2 aromatic carbocycles. The molecule has 8 heteroatoms. The Morgan fingerprint density at radius 1 is 1.06 bits per heavy atom. The molecule has 1 N–H and O–H groups in total. The summed E-state index contributed by atoms with van der Waals surface area (Å²) >= 11 is 0. The number of carbonyl (C=O) groups is 2. The first-order chi connectivity index (χ1) is 16.4. The van der Waals surface area contributed by atoms with Gasteiger partial charge >= 0.3 is 0 Å². The lowest BCUT2D eigenvalue weighted by molar-refractivity contribution is -0.183. The highest BCUT2D eigenvalue weighted by molar-refractivity contribution is 5.94. The topological polar surface area (TPSA) is 82.4 Å². The number of carbonyl (C=O) groups excluding carboxylic acids is 2. The lowest BCUT2D eigenvalue weighted by atomic mass is 9.78. The predicted molar refractivity (Wildman–Crippen MR) is 120 cm³/mol. The molecule has 2 fully saturated rings. The number of hydroxylamine groups is 2. The van der Waals surface area contributed by atoms with Crippen LogP contribution in [0.15, 0.2) is 36.4 Å². The average Bonchev–Trinajstić information content (AvgIpc) is 3.33. The quantitative estimate of drug-likeness (QED) is 0.704. The van der Waals surface area contributed by atoms with E-state index in [4.69, 9.17) is 10.1 Å².